The first-order valence-corrected chi connectivity index (χ1v) is 5.14. The second-order valence-electron chi connectivity index (χ2n) is 3.30. The van der Waals surface area contributed by atoms with Crippen LogP contribution in [-0.4, -0.2) is 52.1 Å². The third-order valence-corrected chi connectivity index (χ3v) is 2.95. The molecule has 0 saturated carbocycles. The van der Waals surface area contributed by atoms with Crippen molar-refractivity contribution in [1.29, 1.82) is 0 Å². The highest BCUT2D eigenvalue weighted by Gasteiger charge is 2.49. The van der Waals surface area contributed by atoms with E-state index in [1.807, 2.05) is 0 Å². The number of carboxylic acid groups (broad SMARTS) is 1. The van der Waals surface area contributed by atoms with E-state index < -0.39 is 22.7 Å². The van der Waals surface area contributed by atoms with Crippen molar-refractivity contribution >= 4 is 28.9 Å². The number of carbonyl (C=O) groups excluding carboxylic acids is 2. The summed E-state index contributed by atoms with van der Waals surface area (Å²) in [6.45, 7) is 1.07. The van der Waals surface area contributed by atoms with Gasteiger partial charge in [-0.15, -0.1) is 0 Å². The molecular weight excluding hydrogens is 222 g/mol. The van der Waals surface area contributed by atoms with Gasteiger partial charge in [0.05, 0.1) is 12.4 Å². The number of aliphatic carboxylic acids is 1. The molecule has 1 rings (SSSR count). The van der Waals surface area contributed by atoms with Gasteiger partial charge in [-0.05, 0) is 6.92 Å². The number of amides is 2. The van der Waals surface area contributed by atoms with E-state index in [0.717, 1.165) is 16.7 Å². The van der Waals surface area contributed by atoms with Crippen LogP contribution in [0.1, 0.15) is 6.92 Å². The molecule has 0 spiro atoms. The number of methoxy groups -OCH3 is 1. The van der Waals surface area contributed by atoms with Gasteiger partial charge in [0.2, 0.25) is 5.91 Å². The number of carbonyl (C=O) groups is 3. The molecule has 0 aliphatic carbocycles. The SMILES string of the molecule is COCC(C)(C(=O)O)N1C(=O)CSC1=O. The number of nitrogens with zero attached hydrogens (tertiary/aromatic N) is 1. The van der Waals surface area contributed by atoms with Crippen LogP contribution in [0, 0.1) is 0 Å². The first-order valence-electron chi connectivity index (χ1n) is 4.15. The Morgan fingerprint density at radius 2 is 2.27 bits per heavy atom. The van der Waals surface area contributed by atoms with E-state index in [1.54, 1.807) is 0 Å². The predicted octanol–water partition coefficient (Wildman–Crippen LogP) is 0.172. The third kappa shape index (κ3) is 1.98. The maximum absolute atomic E-state index is 11.4. The van der Waals surface area contributed by atoms with Gasteiger partial charge in [-0.3, -0.25) is 14.5 Å². The molecule has 0 aromatic carbocycles. The number of hydrogen-bond acceptors (Lipinski definition) is 5. The van der Waals surface area contributed by atoms with E-state index in [4.69, 9.17) is 9.84 Å². The van der Waals surface area contributed by atoms with Crippen LogP contribution in [0.2, 0.25) is 0 Å². The van der Waals surface area contributed by atoms with Crippen LogP contribution in [0.25, 0.3) is 0 Å². The lowest BCUT2D eigenvalue weighted by Crippen LogP contribution is -2.57. The molecule has 1 unspecified atom stereocenters. The summed E-state index contributed by atoms with van der Waals surface area (Å²) in [4.78, 5) is 34.5. The topological polar surface area (TPSA) is 83.9 Å². The zero-order valence-corrected chi connectivity index (χ0v) is 9.17. The summed E-state index contributed by atoms with van der Waals surface area (Å²) in [7, 11) is 1.32. The van der Waals surface area contributed by atoms with Crippen LogP contribution in [-0.2, 0) is 14.3 Å². The van der Waals surface area contributed by atoms with E-state index >= 15 is 0 Å². The first kappa shape index (κ1) is 12.0. The fraction of sp³-hybridized carbons (Fsp3) is 0.625. The van der Waals surface area contributed by atoms with E-state index in [9.17, 15) is 14.4 Å². The Hall–Kier alpha value is -1.08. The van der Waals surface area contributed by atoms with Gasteiger partial charge in [0.25, 0.3) is 5.24 Å². The molecule has 2 amide bonds. The Morgan fingerprint density at radius 1 is 1.67 bits per heavy atom. The largest absolute Gasteiger partial charge is 0.479 e. The lowest BCUT2D eigenvalue weighted by Gasteiger charge is -2.31. The third-order valence-electron chi connectivity index (χ3n) is 2.13. The molecule has 1 heterocycles. The van der Waals surface area contributed by atoms with Gasteiger partial charge in [0.1, 0.15) is 0 Å². The van der Waals surface area contributed by atoms with Crippen LogP contribution in [0.3, 0.4) is 0 Å². The summed E-state index contributed by atoms with van der Waals surface area (Å²) >= 11 is 0.802. The molecular formula is C8H11NO5S. The fourth-order valence-electron chi connectivity index (χ4n) is 1.33. The molecule has 6 nitrogen and oxygen atoms in total. The number of imide groups is 1. The molecule has 1 atom stereocenters. The van der Waals surface area contributed by atoms with E-state index in [2.05, 4.69) is 0 Å². The second kappa shape index (κ2) is 4.19. The standard InChI is InChI=1S/C8H11NO5S/c1-8(4-14-2,6(11)12)9-5(10)3-15-7(9)13/h3-4H2,1-2H3,(H,11,12). The molecule has 0 aromatic rings. The summed E-state index contributed by atoms with van der Waals surface area (Å²) in [5, 5.41) is 8.48. The Bertz CT molecular complexity index is 302. The number of thioether (sulfide) groups is 1. The van der Waals surface area contributed by atoms with Crippen molar-refractivity contribution in [3.05, 3.63) is 0 Å². The number of rotatable bonds is 4. The van der Waals surface area contributed by atoms with Crippen molar-refractivity contribution in [3.8, 4) is 0 Å². The zero-order chi connectivity index (χ0) is 11.6. The Balaban J connectivity index is 3.03. The summed E-state index contributed by atoms with van der Waals surface area (Å²) in [5.74, 6) is -1.76. The highest BCUT2D eigenvalue weighted by Crippen LogP contribution is 2.28. The van der Waals surface area contributed by atoms with Crippen LogP contribution < -0.4 is 0 Å². The molecule has 0 aromatic heterocycles. The second-order valence-corrected chi connectivity index (χ2v) is 4.22. The quantitative estimate of drug-likeness (QED) is 0.745. The smallest absolute Gasteiger partial charge is 0.332 e. The Morgan fingerprint density at radius 3 is 2.60 bits per heavy atom. The van der Waals surface area contributed by atoms with E-state index in [1.165, 1.54) is 14.0 Å². The van der Waals surface area contributed by atoms with Crippen molar-refractivity contribution in [2.75, 3.05) is 19.5 Å². The highest BCUT2D eigenvalue weighted by molar-refractivity contribution is 8.14. The van der Waals surface area contributed by atoms with Crippen LogP contribution in [0.5, 0.6) is 0 Å². The van der Waals surface area contributed by atoms with Crippen molar-refractivity contribution in [2.45, 2.75) is 12.5 Å². The molecule has 0 bridgehead atoms. The number of carboxylic acids is 1. The van der Waals surface area contributed by atoms with E-state index in [0.29, 0.717) is 0 Å². The van der Waals surface area contributed by atoms with E-state index in [-0.39, 0.29) is 12.4 Å². The monoisotopic (exact) mass is 233 g/mol. The van der Waals surface area contributed by atoms with Gasteiger partial charge in [-0.25, -0.2) is 4.79 Å². The van der Waals surface area contributed by atoms with Gasteiger partial charge in [0.15, 0.2) is 5.54 Å². The van der Waals surface area contributed by atoms with Gasteiger partial charge in [-0.1, -0.05) is 11.8 Å². The average Bonchev–Trinajstić information content (AvgIpc) is 2.46. The minimum Gasteiger partial charge on any atom is -0.479 e. The van der Waals surface area contributed by atoms with Gasteiger partial charge < -0.3 is 9.84 Å². The Kier molecular flexibility index (Phi) is 3.35. The summed E-state index contributed by atoms with van der Waals surface area (Å²) in [5.41, 5.74) is -1.62. The van der Waals surface area contributed by atoms with Gasteiger partial charge in [0, 0.05) is 7.11 Å². The minimum atomic E-state index is -1.62. The molecule has 0 radical (unpaired) electrons. The predicted molar refractivity (Wildman–Crippen MR) is 52.6 cm³/mol. The number of hydrogen-bond donors (Lipinski definition) is 1. The van der Waals surface area contributed by atoms with Gasteiger partial charge >= 0.3 is 5.97 Å². The van der Waals surface area contributed by atoms with Crippen molar-refractivity contribution in [2.24, 2.45) is 0 Å². The van der Waals surface area contributed by atoms with Gasteiger partial charge in [-0.2, -0.15) is 0 Å². The number of ether oxygens (including phenoxy) is 1. The molecule has 15 heavy (non-hydrogen) atoms. The maximum atomic E-state index is 11.4. The normalized spacial score (nSPS) is 20.5. The molecule has 1 aliphatic heterocycles. The summed E-state index contributed by atoms with van der Waals surface area (Å²) in [6, 6.07) is 0. The van der Waals surface area contributed by atoms with Crippen molar-refractivity contribution in [1.82, 2.24) is 4.90 Å². The van der Waals surface area contributed by atoms with Crippen LogP contribution >= 0.6 is 11.8 Å². The van der Waals surface area contributed by atoms with Crippen molar-refractivity contribution < 1.29 is 24.2 Å². The molecule has 1 aliphatic rings. The molecule has 1 fully saturated rings. The maximum Gasteiger partial charge on any atom is 0.332 e. The van der Waals surface area contributed by atoms with Crippen LogP contribution in [0.4, 0.5) is 4.79 Å². The highest BCUT2D eigenvalue weighted by atomic mass is 32.2. The first-order chi connectivity index (χ1) is 6.93. The summed E-state index contributed by atoms with van der Waals surface area (Å²) in [6.07, 6.45) is 0. The Labute approximate surface area is 90.6 Å². The average molecular weight is 233 g/mol. The van der Waals surface area contributed by atoms with Crippen molar-refractivity contribution in [3.63, 3.8) is 0 Å². The van der Waals surface area contributed by atoms with Crippen LogP contribution in [0.15, 0.2) is 0 Å². The lowest BCUT2D eigenvalue weighted by molar-refractivity contribution is -0.156. The molecule has 7 heteroatoms. The minimum absolute atomic E-state index is 0.00851. The lowest BCUT2D eigenvalue weighted by atomic mass is 10.0. The molecule has 1 saturated heterocycles. The zero-order valence-electron chi connectivity index (χ0n) is 8.35. The fourth-order valence-corrected chi connectivity index (χ4v) is 2.14. The molecule has 84 valence electrons. The summed E-state index contributed by atoms with van der Waals surface area (Å²) < 4.78 is 4.74. The molecule has 1 N–H and O–H groups in total.